The maximum absolute atomic E-state index is 12.8. The van der Waals surface area contributed by atoms with Crippen molar-refractivity contribution in [2.75, 3.05) is 24.5 Å². The van der Waals surface area contributed by atoms with E-state index in [-0.39, 0.29) is 29.3 Å². The van der Waals surface area contributed by atoms with Gasteiger partial charge in [-0.3, -0.25) is 4.79 Å². The lowest BCUT2D eigenvalue weighted by Gasteiger charge is -2.30. The van der Waals surface area contributed by atoms with Gasteiger partial charge in [-0.05, 0) is 37.0 Å². The monoisotopic (exact) mass is 359 g/mol. The second kappa shape index (κ2) is 6.76. The van der Waals surface area contributed by atoms with Crippen LogP contribution >= 0.6 is 12.4 Å². The lowest BCUT2D eigenvalue weighted by atomic mass is 10.1. The summed E-state index contributed by atoms with van der Waals surface area (Å²) >= 11 is 0. The quantitative estimate of drug-likeness (QED) is 0.857. The van der Waals surface area contributed by atoms with E-state index < -0.39 is 10.0 Å². The van der Waals surface area contributed by atoms with Crippen molar-refractivity contribution in [2.24, 2.45) is 5.73 Å². The van der Waals surface area contributed by atoms with Gasteiger partial charge in [-0.2, -0.15) is 4.31 Å². The van der Waals surface area contributed by atoms with Crippen LogP contribution in [0.4, 0.5) is 5.69 Å². The van der Waals surface area contributed by atoms with E-state index in [1.807, 2.05) is 6.07 Å². The zero-order valence-corrected chi connectivity index (χ0v) is 14.7. The SMILES string of the molecule is CC(=O)N1CCc2ccc(S(=O)(=O)N3CCC[C@@H](N)C3)cc21.Cl. The highest BCUT2D eigenvalue weighted by atomic mass is 35.5. The minimum Gasteiger partial charge on any atom is -0.327 e. The van der Waals surface area contributed by atoms with Crippen molar-refractivity contribution in [3.05, 3.63) is 23.8 Å². The van der Waals surface area contributed by atoms with Gasteiger partial charge in [-0.15, -0.1) is 12.4 Å². The minimum atomic E-state index is -3.55. The maximum Gasteiger partial charge on any atom is 0.243 e. The van der Waals surface area contributed by atoms with Crippen molar-refractivity contribution in [1.29, 1.82) is 0 Å². The molecule has 1 fully saturated rings. The number of carbonyl (C=O) groups is 1. The lowest BCUT2D eigenvalue weighted by Crippen LogP contribution is -2.45. The number of anilines is 1. The molecule has 0 aromatic heterocycles. The number of piperidine rings is 1. The van der Waals surface area contributed by atoms with Crippen LogP contribution < -0.4 is 10.6 Å². The van der Waals surface area contributed by atoms with Crippen molar-refractivity contribution in [3.8, 4) is 0 Å². The number of carbonyl (C=O) groups excluding carboxylic acids is 1. The van der Waals surface area contributed by atoms with E-state index >= 15 is 0 Å². The van der Waals surface area contributed by atoms with Gasteiger partial charge in [-0.1, -0.05) is 6.07 Å². The van der Waals surface area contributed by atoms with E-state index in [0.717, 1.165) is 30.5 Å². The van der Waals surface area contributed by atoms with Crippen LogP contribution in [0.2, 0.25) is 0 Å². The fraction of sp³-hybridized carbons (Fsp3) is 0.533. The third-order valence-electron chi connectivity index (χ3n) is 4.39. The second-order valence-electron chi connectivity index (χ2n) is 5.98. The lowest BCUT2D eigenvalue weighted by molar-refractivity contribution is -0.116. The van der Waals surface area contributed by atoms with Gasteiger partial charge in [-0.25, -0.2) is 8.42 Å². The molecule has 1 aromatic rings. The van der Waals surface area contributed by atoms with Gasteiger partial charge in [0.1, 0.15) is 0 Å². The topological polar surface area (TPSA) is 83.7 Å². The Hall–Kier alpha value is -1.15. The summed E-state index contributed by atoms with van der Waals surface area (Å²) in [7, 11) is -3.55. The number of nitrogens with two attached hydrogens (primary N) is 1. The molecule has 0 unspecified atom stereocenters. The van der Waals surface area contributed by atoms with Gasteiger partial charge < -0.3 is 10.6 Å². The molecule has 2 aliphatic heterocycles. The van der Waals surface area contributed by atoms with Crippen molar-refractivity contribution in [3.63, 3.8) is 0 Å². The molecule has 1 atom stereocenters. The molecule has 1 amide bonds. The van der Waals surface area contributed by atoms with E-state index in [9.17, 15) is 13.2 Å². The number of amides is 1. The van der Waals surface area contributed by atoms with Crippen molar-refractivity contribution in [2.45, 2.75) is 37.1 Å². The molecule has 23 heavy (non-hydrogen) atoms. The Kier molecular flexibility index (Phi) is 5.35. The zero-order valence-electron chi connectivity index (χ0n) is 13.1. The Morgan fingerprint density at radius 2 is 2.04 bits per heavy atom. The molecule has 0 saturated carbocycles. The first kappa shape index (κ1) is 18.2. The maximum atomic E-state index is 12.8. The highest BCUT2D eigenvalue weighted by Crippen LogP contribution is 2.32. The predicted octanol–water partition coefficient (Wildman–Crippen LogP) is 1.13. The fourth-order valence-electron chi connectivity index (χ4n) is 3.19. The molecule has 0 aliphatic carbocycles. The summed E-state index contributed by atoms with van der Waals surface area (Å²) in [4.78, 5) is 13.5. The fourth-order valence-corrected chi connectivity index (χ4v) is 4.74. The van der Waals surface area contributed by atoms with Crippen molar-refractivity contribution >= 4 is 34.0 Å². The second-order valence-corrected chi connectivity index (χ2v) is 7.91. The van der Waals surface area contributed by atoms with Crippen molar-refractivity contribution in [1.82, 2.24) is 4.31 Å². The van der Waals surface area contributed by atoms with Gasteiger partial charge in [0.05, 0.1) is 4.90 Å². The third kappa shape index (κ3) is 3.38. The van der Waals surface area contributed by atoms with Crippen molar-refractivity contribution < 1.29 is 13.2 Å². The summed E-state index contributed by atoms with van der Waals surface area (Å²) in [6, 6.07) is 4.97. The Morgan fingerprint density at radius 3 is 2.70 bits per heavy atom. The Morgan fingerprint density at radius 1 is 1.30 bits per heavy atom. The van der Waals surface area contributed by atoms with Crippen LogP contribution in [0.1, 0.15) is 25.3 Å². The molecular weight excluding hydrogens is 338 g/mol. The molecule has 1 aromatic carbocycles. The average Bonchev–Trinajstić information content (AvgIpc) is 2.90. The summed E-state index contributed by atoms with van der Waals surface area (Å²) in [5.74, 6) is -0.0618. The van der Waals surface area contributed by atoms with Crippen LogP contribution in [0.5, 0.6) is 0 Å². The largest absolute Gasteiger partial charge is 0.327 e. The van der Waals surface area contributed by atoms with Gasteiger partial charge in [0, 0.05) is 38.3 Å². The van der Waals surface area contributed by atoms with Crippen LogP contribution in [0.3, 0.4) is 0 Å². The molecular formula is C15H22ClN3O3S. The van der Waals surface area contributed by atoms with Crippen LogP contribution in [-0.2, 0) is 21.2 Å². The minimum absolute atomic E-state index is 0. The van der Waals surface area contributed by atoms with Crippen LogP contribution in [-0.4, -0.2) is 44.3 Å². The third-order valence-corrected chi connectivity index (χ3v) is 6.25. The number of hydrogen-bond acceptors (Lipinski definition) is 4. The summed E-state index contributed by atoms with van der Waals surface area (Å²) in [5.41, 5.74) is 7.63. The summed E-state index contributed by atoms with van der Waals surface area (Å²) < 4.78 is 27.0. The summed E-state index contributed by atoms with van der Waals surface area (Å²) in [6.45, 7) is 2.97. The number of hydrogen-bond donors (Lipinski definition) is 1. The van der Waals surface area contributed by atoms with Crippen LogP contribution in [0.15, 0.2) is 23.1 Å². The molecule has 2 heterocycles. The van der Waals surface area contributed by atoms with E-state index in [1.165, 1.54) is 11.2 Å². The number of sulfonamides is 1. The van der Waals surface area contributed by atoms with E-state index in [0.29, 0.717) is 19.6 Å². The Labute approximate surface area is 143 Å². The average molecular weight is 360 g/mol. The van der Waals surface area contributed by atoms with Crippen LogP contribution in [0, 0.1) is 0 Å². The van der Waals surface area contributed by atoms with E-state index in [4.69, 9.17) is 5.73 Å². The number of fused-ring (bicyclic) bond motifs is 1. The zero-order chi connectivity index (χ0) is 15.9. The normalized spacial score (nSPS) is 21.7. The molecule has 128 valence electrons. The smallest absolute Gasteiger partial charge is 0.243 e. The summed E-state index contributed by atoms with van der Waals surface area (Å²) in [5, 5.41) is 0. The predicted molar refractivity (Wildman–Crippen MR) is 91.4 cm³/mol. The molecule has 0 radical (unpaired) electrons. The first-order valence-corrected chi connectivity index (χ1v) is 9.00. The van der Waals surface area contributed by atoms with Crippen LogP contribution in [0.25, 0.3) is 0 Å². The molecule has 2 N–H and O–H groups in total. The number of rotatable bonds is 2. The van der Waals surface area contributed by atoms with Gasteiger partial charge in [0.25, 0.3) is 0 Å². The number of halogens is 1. The Balaban J connectivity index is 0.00000192. The molecule has 3 rings (SSSR count). The molecule has 2 aliphatic rings. The highest BCUT2D eigenvalue weighted by Gasteiger charge is 2.31. The number of benzene rings is 1. The molecule has 6 nitrogen and oxygen atoms in total. The first-order valence-electron chi connectivity index (χ1n) is 7.56. The van der Waals surface area contributed by atoms with Gasteiger partial charge >= 0.3 is 0 Å². The highest BCUT2D eigenvalue weighted by molar-refractivity contribution is 7.89. The van der Waals surface area contributed by atoms with E-state index in [1.54, 1.807) is 17.0 Å². The first-order chi connectivity index (χ1) is 10.4. The Bertz CT molecular complexity index is 708. The molecule has 8 heteroatoms. The molecule has 0 spiro atoms. The van der Waals surface area contributed by atoms with Gasteiger partial charge in [0.2, 0.25) is 15.9 Å². The van der Waals surface area contributed by atoms with Gasteiger partial charge in [0.15, 0.2) is 0 Å². The summed E-state index contributed by atoms with van der Waals surface area (Å²) in [6.07, 6.45) is 2.41. The standard InChI is InChI=1S/C15H21N3O3S.ClH/c1-11(19)18-8-6-12-4-5-14(9-15(12)18)22(20,21)17-7-2-3-13(16)10-17;/h4-5,9,13H,2-3,6-8,10,16H2,1H3;1H/t13-;/m1./s1. The van der Waals surface area contributed by atoms with E-state index in [2.05, 4.69) is 0 Å². The molecule has 1 saturated heterocycles. The molecule has 0 bridgehead atoms. The number of nitrogens with zero attached hydrogens (tertiary/aromatic N) is 2.